The highest BCUT2D eigenvalue weighted by Crippen LogP contribution is 2.24. The number of amides is 1. The Bertz CT molecular complexity index is 1290. The molecule has 0 spiro atoms. The summed E-state index contributed by atoms with van der Waals surface area (Å²) >= 11 is 0. The number of ether oxygens (including phenoxy) is 1. The summed E-state index contributed by atoms with van der Waals surface area (Å²) in [6, 6.07) is 8.33. The molecule has 4 heterocycles. The second-order valence-corrected chi connectivity index (χ2v) is 10.8. The van der Waals surface area contributed by atoms with Gasteiger partial charge >= 0.3 is 0 Å². The van der Waals surface area contributed by atoms with Crippen molar-refractivity contribution in [3.05, 3.63) is 54.0 Å². The van der Waals surface area contributed by atoms with Crippen LogP contribution in [0.25, 0.3) is 11.3 Å². The highest BCUT2D eigenvalue weighted by molar-refractivity contribution is 5.81. The second-order valence-electron chi connectivity index (χ2n) is 10.8. The molecule has 0 saturated carbocycles. The van der Waals surface area contributed by atoms with E-state index in [1.165, 1.54) is 5.56 Å². The van der Waals surface area contributed by atoms with Gasteiger partial charge in [0.05, 0.1) is 35.8 Å². The van der Waals surface area contributed by atoms with Crippen molar-refractivity contribution >= 4 is 23.3 Å². The lowest BCUT2D eigenvalue weighted by Crippen LogP contribution is -2.55. The molecule has 2 aromatic heterocycles. The Kier molecular flexibility index (Phi) is 10.0. The number of hydrogen-bond donors (Lipinski definition) is 2. The summed E-state index contributed by atoms with van der Waals surface area (Å²) in [7, 11) is 1.86. The zero-order valence-corrected chi connectivity index (χ0v) is 24.2. The summed E-state index contributed by atoms with van der Waals surface area (Å²) in [5.41, 5.74) is 5.03. The van der Waals surface area contributed by atoms with Gasteiger partial charge in [-0.2, -0.15) is 5.10 Å². The van der Waals surface area contributed by atoms with E-state index in [9.17, 15) is 9.59 Å². The molecule has 40 heavy (non-hydrogen) atoms. The van der Waals surface area contributed by atoms with Gasteiger partial charge in [-0.25, -0.2) is 9.97 Å². The molecule has 214 valence electrons. The van der Waals surface area contributed by atoms with E-state index in [1.807, 2.05) is 38.1 Å². The van der Waals surface area contributed by atoms with Crippen molar-refractivity contribution in [1.29, 1.82) is 0 Å². The van der Waals surface area contributed by atoms with Crippen molar-refractivity contribution in [2.24, 2.45) is 7.05 Å². The first kappa shape index (κ1) is 29.4. The summed E-state index contributed by atoms with van der Waals surface area (Å²) in [6.45, 7) is 10.2. The number of anilines is 2. The Morgan fingerprint density at radius 2 is 2.02 bits per heavy atom. The third-order valence-electron chi connectivity index (χ3n) is 7.08. The van der Waals surface area contributed by atoms with Gasteiger partial charge in [0.2, 0.25) is 11.9 Å². The first-order valence-corrected chi connectivity index (χ1v) is 14.0. The number of aryl methyl sites for hydroxylation is 3. The van der Waals surface area contributed by atoms with Gasteiger partial charge in [-0.05, 0) is 76.8 Å². The number of aromatic nitrogens is 4. The van der Waals surface area contributed by atoms with Crippen LogP contribution in [0.15, 0.2) is 42.9 Å². The summed E-state index contributed by atoms with van der Waals surface area (Å²) in [5.74, 6) is 0.999. The SMILES string of the molecule is CC(=O)[C@@H]1CCCN1.Cc1cc(-c2ccnc(Nc3cnn(C)c3)n2)ccc1CCC(=O)N1CC(OC(C)C)C1. The first-order valence-electron chi connectivity index (χ1n) is 14.0. The van der Waals surface area contributed by atoms with Crippen LogP contribution in [0.5, 0.6) is 0 Å². The Morgan fingerprint density at radius 1 is 1.23 bits per heavy atom. The maximum absolute atomic E-state index is 12.5. The van der Waals surface area contributed by atoms with Gasteiger partial charge in [0, 0.05) is 44.5 Å². The van der Waals surface area contributed by atoms with Crippen LogP contribution in [0.4, 0.5) is 11.6 Å². The number of likely N-dealkylation sites (tertiary alicyclic amines) is 1. The summed E-state index contributed by atoms with van der Waals surface area (Å²) in [6.07, 6.45) is 9.17. The van der Waals surface area contributed by atoms with Gasteiger partial charge in [0.1, 0.15) is 5.78 Å². The van der Waals surface area contributed by atoms with Crippen LogP contribution in [0.1, 0.15) is 51.2 Å². The predicted molar refractivity (Wildman–Crippen MR) is 155 cm³/mol. The highest BCUT2D eigenvalue weighted by atomic mass is 16.5. The Hall–Kier alpha value is -3.63. The number of carbonyl (C=O) groups excluding carboxylic acids is 2. The van der Waals surface area contributed by atoms with E-state index in [0.717, 1.165) is 48.3 Å². The molecular formula is C30H41N7O3. The molecule has 10 heteroatoms. The molecule has 1 atom stereocenters. The van der Waals surface area contributed by atoms with Crippen LogP contribution >= 0.6 is 0 Å². The van der Waals surface area contributed by atoms with Crippen molar-refractivity contribution in [2.45, 2.75) is 71.6 Å². The highest BCUT2D eigenvalue weighted by Gasteiger charge is 2.31. The average molecular weight is 548 g/mol. The Morgan fingerprint density at radius 3 is 2.62 bits per heavy atom. The lowest BCUT2D eigenvalue weighted by Gasteiger charge is -2.40. The van der Waals surface area contributed by atoms with E-state index < -0.39 is 0 Å². The molecule has 5 rings (SSSR count). The molecule has 0 aliphatic carbocycles. The summed E-state index contributed by atoms with van der Waals surface area (Å²) < 4.78 is 7.45. The summed E-state index contributed by atoms with van der Waals surface area (Å²) in [4.78, 5) is 33.9. The van der Waals surface area contributed by atoms with Crippen molar-refractivity contribution in [2.75, 3.05) is 25.0 Å². The third kappa shape index (κ3) is 8.19. The van der Waals surface area contributed by atoms with Crippen LogP contribution in [0, 0.1) is 6.92 Å². The third-order valence-corrected chi connectivity index (χ3v) is 7.08. The fourth-order valence-electron chi connectivity index (χ4n) is 4.87. The normalized spacial score (nSPS) is 16.9. The molecule has 0 bridgehead atoms. The number of Topliss-reactive ketones (excluding diaryl/α,β-unsaturated/α-hetero) is 1. The van der Waals surface area contributed by atoms with E-state index >= 15 is 0 Å². The van der Waals surface area contributed by atoms with Crippen LogP contribution < -0.4 is 10.6 Å². The van der Waals surface area contributed by atoms with E-state index in [4.69, 9.17) is 4.74 Å². The van der Waals surface area contributed by atoms with Gasteiger partial charge in [0.25, 0.3) is 0 Å². The minimum absolute atomic E-state index is 0.176. The van der Waals surface area contributed by atoms with Gasteiger partial charge in [-0.1, -0.05) is 12.1 Å². The number of ketones is 1. The van der Waals surface area contributed by atoms with Crippen molar-refractivity contribution in [3.8, 4) is 11.3 Å². The van der Waals surface area contributed by atoms with Crippen LogP contribution in [-0.4, -0.2) is 74.2 Å². The molecule has 10 nitrogen and oxygen atoms in total. The molecule has 2 aliphatic heterocycles. The van der Waals surface area contributed by atoms with Crippen LogP contribution in [0.3, 0.4) is 0 Å². The maximum atomic E-state index is 12.5. The molecule has 2 aliphatic rings. The van der Waals surface area contributed by atoms with Crippen molar-refractivity contribution < 1.29 is 14.3 Å². The molecule has 2 saturated heterocycles. The monoisotopic (exact) mass is 547 g/mol. The quantitative estimate of drug-likeness (QED) is 0.416. The van der Waals surface area contributed by atoms with Gasteiger partial charge in [-0.3, -0.25) is 14.3 Å². The average Bonchev–Trinajstić information content (AvgIpc) is 3.58. The molecule has 1 amide bonds. The number of rotatable bonds is 9. The standard InChI is InChI=1S/C24H30N6O2.C6H11NO/c1-16(2)32-21-14-30(15-21)23(31)8-7-18-5-6-19(11-17(18)3)22-9-10-25-24(28-22)27-20-12-26-29(4)13-20;1-5(8)6-3-2-4-7-6/h5-6,9-13,16,21H,7-8,14-15H2,1-4H3,(H,25,27,28);6-7H,2-4H2,1H3/t;6-/m.0/s1. The van der Waals surface area contributed by atoms with E-state index in [1.54, 1.807) is 24.0 Å². The summed E-state index contributed by atoms with van der Waals surface area (Å²) in [5, 5.41) is 10.4. The van der Waals surface area contributed by atoms with Gasteiger partial charge < -0.3 is 20.3 Å². The smallest absolute Gasteiger partial charge is 0.227 e. The number of benzene rings is 1. The lowest BCUT2D eigenvalue weighted by molar-refractivity contribution is -0.148. The fraction of sp³-hybridized carbons (Fsp3) is 0.500. The minimum Gasteiger partial charge on any atom is -0.372 e. The van der Waals surface area contributed by atoms with Crippen molar-refractivity contribution in [3.63, 3.8) is 0 Å². The maximum Gasteiger partial charge on any atom is 0.227 e. The lowest BCUT2D eigenvalue weighted by atomic mass is 9.99. The fourth-order valence-corrected chi connectivity index (χ4v) is 4.87. The van der Waals surface area contributed by atoms with Crippen LogP contribution in [0.2, 0.25) is 0 Å². The first-order chi connectivity index (χ1) is 19.2. The van der Waals surface area contributed by atoms with Gasteiger partial charge in [-0.15, -0.1) is 0 Å². The minimum atomic E-state index is 0.176. The van der Waals surface area contributed by atoms with E-state index in [-0.39, 0.29) is 29.9 Å². The molecule has 2 fully saturated rings. The molecular weight excluding hydrogens is 506 g/mol. The predicted octanol–water partition coefficient (Wildman–Crippen LogP) is 3.82. The number of nitrogens with zero attached hydrogens (tertiary/aromatic N) is 5. The number of nitrogens with one attached hydrogen (secondary N) is 2. The molecule has 3 aromatic rings. The van der Waals surface area contributed by atoms with E-state index in [2.05, 4.69) is 50.8 Å². The van der Waals surface area contributed by atoms with Crippen molar-refractivity contribution in [1.82, 2.24) is 30.0 Å². The van der Waals surface area contributed by atoms with Gasteiger partial charge in [0.15, 0.2) is 0 Å². The topological polar surface area (TPSA) is 114 Å². The molecule has 1 aromatic carbocycles. The zero-order valence-electron chi connectivity index (χ0n) is 24.2. The zero-order chi connectivity index (χ0) is 28.6. The second kappa shape index (κ2) is 13.6. The molecule has 2 N–H and O–H groups in total. The number of carbonyl (C=O) groups is 2. The number of hydrogen-bond acceptors (Lipinski definition) is 8. The Labute approximate surface area is 236 Å². The largest absolute Gasteiger partial charge is 0.372 e. The van der Waals surface area contributed by atoms with Crippen LogP contribution in [-0.2, 0) is 27.8 Å². The Balaban J connectivity index is 0.000000398. The van der Waals surface area contributed by atoms with E-state index in [0.29, 0.717) is 25.5 Å². The molecule has 0 radical (unpaired) electrons. The molecule has 0 unspecified atom stereocenters.